The minimum atomic E-state index is 0.645. The number of nitrogens with zero attached hydrogens (tertiary/aromatic N) is 3. The minimum Gasteiger partial charge on any atom is -0.208 e. The molecular weight excluding hydrogens is 735 g/mol. The number of hydrogen-bond donors (Lipinski definition) is 0. The van der Waals surface area contributed by atoms with Crippen LogP contribution in [0.5, 0.6) is 0 Å². The van der Waals surface area contributed by atoms with Gasteiger partial charge in [-0.1, -0.05) is 170 Å². The Morgan fingerprint density at radius 3 is 1.46 bits per heavy atom. The van der Waals surface area contributed by atoms with E-state index in [2.05, 4.69) is 200 Å². The van der Waals surface area contributed by atoms with Crippen LogP contribution in [-0.4, -0.2) is 15.0 Å². The molecule has 274 valence electrons. The van der Waals surface area contributed by atoms with Crippen molar-refractivity contribution in [1.82, 2.24) is 15.0 Å². The highest BCUT2D eigenvalue weighted by atomic mass is 32.1. The van der Waals surface area contributed by atoms with Crippen LogP contribution >= 0.6 is 11.3 Å². The molecule has 0 radical (unpaired) electrons. The molecule has 0 unspecified atom stereocenters. The molecule has 0 N–H and O–H groups in total. The van der Waals surface area contributed by atoms with Crippen molar-refractivity contribution in [3.63, 3.8) is 0 Å². The summed E-state index contributed by atoms with van der Waals surface area (Å²) in [6, 6.07) is 71.7. The van der Waals surface area contributed by atoms with E-state index >= 15 is 0 Å². The van der Waals surface area contributed by atoms with Gasteiger partial charge in [0.05, 0.1) is 0 Å². The maximum Gasteiger partial charge on any atom is 0.165 e. The lowest BCUT2D eigenvalue weighted by molar-refractivity contribution is 1.08. The second-order valence-corrected chi connectivity index (χ2v) is 16.1. The molecule has 59 heavy (non-hydrogen) atoms. The molecule has 0 aliphatic rings. The Balaban J connectivity index is 1.10. The van der Waals surface area contributed by atoms with Crippen molar-refractivity contribution in [2.75, 3.05) is 0 Å². The molecule has 0 aliphatic carbocycles. The fraction of sp³-hybridized carbons (Fsp3) is 0. The largest absolute Gasteiger partial charge is 0.208 e. The van der Waals surface area contributed by atoms with Crippen molar-refractivity contribution in [2.24, 2.45) is 0 Å². The van der Waals surface area contributed by atoms with Gasteiger partial charge in [-0.05, 0) is 95.7 Å². The van der Waals surface area contributed by atoms with Crippen molar-refractivity contribution >= 4 is 74.6 Å². The van der Waals surface area contributed by atoms with Gasteiger partial charge in [-0.25, -0.2) is 15.0 Å². The van der Waals surface area contributed by atoms with E-state index in [4.69, 9.17) is 15.0 Å². The average Bonchev–Trinajstić information content (AvgIpc) is 3.69. The zero-order valence-corrected chi connectivity index (χ0v) is 32.6. The third-order valence-electron chi connectivity index (χ3n) is 11.8. The zero-order valence-electron chi connectivity index (χ0n) is 31.8. The third kappa shape index (κ3) is 5.53. The molecular formula is C55H33N3S. The molecule has 12 aromatic rings. The fourth-order valence-corrected chi connectivity index (χ4v) is 10.2. The number of hydrogen-bond acceptors (Lipinski definition) is 4. The highest BCUT2D eigenvalue weighted by Gasteiger charge is 2.20. The van der Waals surface area contributed by atoms with Gasteiger partial charge in [0.1, 0.15) is 0 Å². The Kier molecular flexibility index (Phi) is 7.72. The summed E-state index contributed by atoms with van der Waals surface area (Å²) in [5.74, 6) is 1.95. The van der Waals surface area contributed by atoms with Crippen LogP contribution < -0.4 is 0 Å². The summed E-state index contributed by atoms with van der Waals surface area (Å²) in [5, 5.41) is 11.9. The number of aromatic nitrogens is 3. The predicted molar refractivity (Wildman–Crippen MR) is 250 cm³/mol. The Morgan fingerprint density at radius 2 is 0.729 bits per heavy atom. The molecule has 0 fully saturated rings. The lowest BCUT2D eigenvalue weighted by atomic mass is 9.91. The molecule has 0 aliphatic heterocycles. The van der Waals surface area contributed by atoms with Gasteiger partial charge in [-0.2, -0.15) is 0 Å². The quantitative estimate of drug-likeness (QED) is 0.175. The second kappa shape index (κ2) is 13.6. The van der Waals surface area contributed by atoms with E-state index < -0.39 is 0 Å². The Labute approximate surface area is 344 Å². The van der Waals surface area contributed by atoms with Gasteiger partial charge >= 0.3 is 0 Å². The Morgan fingerprint density at radius 1 is 0.271 bits per heavy atom. The van der Waals surface area contributed by atoms with Gasteiger partial charge in [-0.3, -0.25) is 0 Å². The van der Waals surface area contributed by atoms with Crippen LogP contribution in [0.3, 0.4) is 0 Å². The van der Waals surface area contributed by atoms with Crippen LogP contribution in [-0.2, 0) is 0 Å². The molecule has 10 aromatic carbocycles. The molecule has 3 nitrogen and oxygen atoms in total. The highest BCUT2D eigenvalue weighted by Crippen LogP contribution is 2.43. The van der Waals surface area contributed by atoms with Crippen LogP contribution in [0, 0.1) is 0 Å². The fourth-order valence-electron chi connectivity index (χ4n) is 8.95. The van der Waals surface area contributed by atoms with E-state index in [1.54, 1.807) is 11.3 Å². The van der Waals surface area contributed by atoms with Gasteiger partial charge < -0.3 is 0 Å². The normalized spacial score (nSPS) is 11.7. The van der Waals surface area contributed by atoms with Gasteiger partial charge in [0.15, 0.2) is 17.5 Å². The van der Waals surface area contributed by atoms with Crippen molar-refractivity contribution in [3.8, 4) is 56.4 Å². The van der Waals surface area contributed by atoms with Crippen LogP contribution in [0.1, 0.15) is 0 Å². The first-order valence-electron chi connectivity index (χ1n) is 19.9. The third-order valence-corrected chi connectivity index (χ3v) is 13.0. The SMILES string of the molecule is c1ccc2cc(-c3ccc(-c4nc(-c5ccc(-c6cccc7ccccc67)c6ccccc56)nc(-c5cccc6c5sc5ccccc56)n4)c4ccccc34)ccc2c1. The summed E-state index contributed by atoms with van der Waals surface area (Å²) in [4.78, 5) is 16.2. The molecule has 0 amide bonds. The smallest absolute Gasteiger partial charge is 0.165 e. The molecule has 0 saturated heterocycles. The number of rotatable bonds is 5. The lowest BCUT2D eigenvalue weighted by Crippen LogP contribution is -2.01. The summed E-state index contributed by atoms with van der Waals surface area (Å²) < 4.78 is 2.42. The number of benzene rings is 10. The minimum absolute atomic E-state index is 0.645. The standard InChI is InChI=1S/C55H33N3S/c1-2-15-36-33-37(28-27-34(36)13-1)39-29-31-48(43-20-7-5-18-40(39)43)53-56-54(58-55(57-53)50-25-12-24-47-46-22-9-10-26-51(46)59-52(47)50)49-32-30-45(42-19-6-8-21-44(42)49)41-23-11-16-35-14-3-4-17-38(35)41/h1-33H. The van der Waals surface area contributed by atoms with Gasteiger partial charge in [0, 0.05) is 36.9 Å². The average molecular weight is 768 g/mol. The molecule has 0 spiro atoms. The summed E-state index contributed by atoms with van der Waals surface area (Å²) >= 11 is 1.79. The van der Waals surface area contributed by atoms with E-state index in [1.165, 1.54) is 64.0 Å². The molecule has 0 bridgehead atoms. The van der Waals surface area contributed by atoms with E-state index in [9.17, 15) is 0 Å². The zero-order chi connectivity index (χ0) is 38.9. The molecule has 0 saturated carbocycles. The van der Waals surface area contributed by atoms with Crippen molar-refractivity contribution < 1.29 is 0 Å². The van der Waals surface area contributed by atoms with E-state index in [-0.39, 0.29) is 0 Å². The van der Waals surface area contributed by atoms with Crippen LogP contribution in [0.2, 0.25) is 0 Å². The van der Waals surface area contributed by atoms with E-state index in [0.717, 1.165) is 38.2 Å². The molecule has 0 atom stereocenters. The molecule has 4 heteroatoms. The van der Waals surface area contributed by atoms with E-state index in [0.29, 0.717) is 17.5 Å². The molecule has 2 heterocycles. The highest BCUT2D eigenvalue weighted by molar-refractivity contribution is 7.26. The predicted octanol–water partition coefficient (Wildman–Crippen LogP) is 15.2. The van der Waals surface area contributed by atoms with Crippen LogP contribution in [0.15, 0.2) is 200 Å². The number of fused-ring (bicyclic) bond motifs is 7. The molecule has 12 rings (SSSR count). The first kappa shape index (κ1) is 33.6. The first-order valence-corrected chi connectivity index (χ1v) is 20.8. The van der Waals surface area contributed by atoms with Crippen LogP contribution in [0.4, 0.5) is 0 Å². The summed E-state index contributed by atoms with van der Waals surface area (Å²) in [6.45, 7) is 0. The summed E-state index contributed by atoms with van der Waals surface area (Å²) in [6.07, 6.45) is 0. The summed E-state index contributed by atoms with van der Waals surface area (Å²) in [5.41, 5.74) is 7.68. The van der Waals surface area contributed by atoms with Crippen molar-refractivity contribution in [1.29, 1.82) is 0 Å². The second-order valence-electron chi connectivity index (χ2n) is 15.1. The maximum atomic E-state index is 5.40. The lowest BCUT2D eigenvalue weighted by Gasteiger charge is -2.15. The van der Waals surface area contributed by atoms with Gasteiger partial charge in [0.2, 0.25) is 0 Å². The maximum absolute atomic E-state index is 5.40. The number of thiophene rings is 1. The van der Waals surface area contributed by atoms with E-state index in [1.807, 2.05) is 0 Å². The van der Waals surface area contributed by atoms with Gasteiger partial charge in [-0.15, -0.1) is 11.3 Å². The summed E-state index contributed by atoms with van der Waals surface area (Å²) in [7, 11) is 0. The van der Waals surface area contributed by atoms with Crippen molar-refractivity contribution in [2.45, 2.75) is 0 Å². The van der Waals surface area contributed by atoms with Crippen LogP contribution in [0.25, 0.3) is 120 Å². The Bertz CT molecular complexity index is 3630. The molecule has 2 aromatic heterocycles. The van der Waals surface area contributed by atoms with Crippen molar-refractivity contribution in [3.05, 3.63) is 200 Å². The Hall–Kier alpha value is -7.53. The topological polar surface area (TPSA) is 38.7 Å². The first-order chi connectivity index (χ1) is 29.2. The monoisotopic (exact) mass is 767 g/mol. The van der Waals surface area contributed by atoms with Gasteiger partial charge in [0.25, 0.3) is 0 Å².